The molecule has 3 nitrogen and oxygen atoms in total. The van der Waals surface area contributed by atoms with Gasteiger partial charge in [-0.25, -0.2) is 0 Å². The molecular weight excluding hydrogens is 216 g/mol. The molecule has 0 aromatic heterocycles. The van der Waals surface area contributed by atoms with E-state index in [1.54, 1.807) is 0 Å². The molecule has 1 atom stereocenters. The van der Waals surface area contributed by atoms with Crippen molar-refractivity contribution in [1.29, 1.82) is 0 Å². The van der Waals surface area contributed by atoms with Crippen molar-refractivity contribution in [1.82, 2.24) is 0 Å². The third-order valence-electron chi connectivity index (χ3n) is 2.74. The van der Waals surface area contributed by atoms with Crippen molar-refractivity contribution in [2.75, 3.05) is 6.61 Å². The van der Waals surface area contributed by atoms with Crippen molar-refractivity contribution in [2.45, 2.75) is 38.9 Å². The molecule has 1 aromatic rings. The van der Waals surface area contributed by atoms with E-state index in [1.807, 2.05) is 38.1 Å². The van der Waals surface area contributed by atoms with Gasteiger partial charge in [-0.1, -0.05) is 12.1 Å². The Kier molecular flexibility index (Phi) is 3.79. The summed E-state index contributed by atoms with van der Waals surface area (Å²) in [4.78, 5) is 11.4. The number of hydrogen-bond donors (Lipinski definition) is 0. The summed E-state index contributed by atoms with van der Waals surface area (Å²) in [5.74, 6) is 1.13. The maximum Gasteiger partial charge on any atom is 0.138 e. The summed E-state index contributed by atoms with van der Waals surface area (Å²) >= 11 is 0. The summed E-state index contributed by atoms with van der Waals surface area (Å²) in [5.41, 5.74) is 1.05. The molecule has 92 valence electrons. The minimum atomic E-state index is -0.0793. The van der Waals surface area contributed by atoms with Crippen LogP contribution in [0.25, 0.3) is 0 Å². The maximum absolute atomic E-state index is 11.4. The Hall–Kier alpha value is -1.35. The third kappa shape index (κ3) is 3.30. The predicted molar refractivity (Wildman–Crippen MR) is 65.1 cm³/mol. The summed E-state index contributed by atoms with van der Waals surface area (Å²) < 4.78 is 11.2. The largest absolute Gasteiger partial charge is 0.491 e. The molecule has 0 saturated carbocycles. The topological polar surface area (TPSA) is 35.5 Å². The van der Waals surface area contributed by atoms with Gasteiger partial charge in [0.05, 0.1) is 18.8 Å². The van der Waals surface area contributed by atoms with Crippen molar-refractivity contribution in [3.8, 4) is 5.75 Å². The van der Waals surface area contributed by atoms with Crippen LogP contribution < -0.4 is 4.74 Å². The monoisotopic (exact) mass is 234 g/mol. The minimum absolute atomic E-state index is 0.0793. The molecule has 0 spiro atoms. The number of ether oxygens (including phenoxy) is 2. The van der Waals surface area contributed by atoms with E-state index in [-0.39, 0.29) is 18.0 Å². The molecule has 1 aliphatic rings. The molecule has 2 rings (SSSR count). The predicted octanol–water partition coefficient (Wildman–Crippen LogP) is 2.89. The number of Topliss-reactive ketones (excluding diaryl/α,β-unsaturated/α-hetero) is 1. The number of benzene rings is 1. The first-order valence-electron chi connectivity index (χ1n) is 6.05. The van der Waals surface area contributed by atoms with E-state index < -0.39 is 0 Å². The first kappa shape index (κ1) is 12.1. The second-order valence-electron chi connectivity index (χ2n) is 4.59. The van der Waals surface area contributed by atoms with Gasteiger partial charge in [0.1, 0.15) is 11.5 Å². The van der Waals surface area contributed by atoms with Crippen LogP contribution in [0.2, 0.25) is 0 Å². The highest BCUT2D eigenvalue weighted by atomic mass is 16.5. The number of carbonyl (C=O) groups excluding carboxylic acids is 1. The van der Waals surface area contributed by atoms with Crippen LogP contribution in [0.3, 0.4) is 0 Å². The smallest absolute Gasteiger partial charge is 0.138 e. The number of ketones is 1. The molecule has 0 aliphatic carbocycles. The zero-order valence-corrected chi connectivity index (χ0v) is 10.3. The van der Waals surface area contributed by atoms with Crippen LogP contribution in [0.5, 0.6) is 5.75 Å². The number of hydrogen-bond acceptors (Lipinski definition) is 3. The van der Waals surface area contributed by atoms with Gasteiger partial charge in [-0.3, -0.25) is 4.79 Å². The molecule has 1 fully saturated rings. The van der Waals surface area contributed by atoms with Gasteiger partial charge in [-0.15, -0.1) is 0 Å². The summed E-state index contributed by atoms with van der Waals surface area (Å²) in [7, 11) is 0. The summed E-state index contributed by atoms with van der Waals surface area (Å²) in [5, 5.41) is 0. The van der Waals surface area contributed by atoms with Crippen molar-refractivity contribution in [2.24, 2.45) is 0 Å². The molecule has 1 saturated heterocycles. The van der Waals surface area contributed by atoms with Crippen LogP contribution in [0.4, 0.5) is 0 Å². The summed E-state index contributed by atoms with van der Waals surface area (Å²) in [6.07, 6.45) is 1.13. The highest BCUT2D eigenvalue weighted by Gasteiger charge is 2.21. The highest BCUT2D eigenvalue weighted by Crippen LogP contribution is 2.27. The van der Waals surface area contributed by atoms with Gasteiger partial charge >= 0.3 is 0 Å². The molecule has 17 heavy (non-hydrogen) atoms. The van der Waals surface area contributed by atoms with Gasteiger partial charge in [-0.05, 0) is 31.5 Å². The Bertz CT molecular complexity index is 381. The van der Waals surface area contributed by atoms with E-state index in [0.717, 1.165) is 11.3 Å². The maximum atomic E-state index is 11.4. The lowest BCUT2D eigenvalue weighted by atomic mass is 10.0. The van der Waals surface area contributed by atoms with Crippen molar-refractivity contribution in [3.05, 3.63) is 29.8 Å². The molecule has 3 heteroatoms. The van der Waals surface area contributed by atoms with Crippen LogP contribution in [0.15, 0.2) is 24.3 Å². The first-order chi connectivity index (χ1) is 8.15. The third-order valence-corrected chi connectivity index (χ3v) is 2.74. The van der Waals surface area contributed by atoms with Crippen LogP contribution in [-0.2, 0) is 9.53 Å². The van der Waals surface area contributed by atoms with Crippen LogP contribution >= 0.6 is 0 Å². The quantitative estimate of drug-likeness (QED) is 0.806. The van der Waals surface area contributed by atoms with Gasteiger partial charge in [0.25, 0.3) is 0 Å². The Morgan fingerprint density at radius 1 is 1.29 bits per heavy atom. The summed E-state index contributed by atoms with van der Waals surface area (Å²) in [6.45, 7) is 4.53. The van der Waals surface area contributed by atoms with Crippen molar-refractivity contribution in [3.63, 3.8) is 0 Å². The van der Waals surface area contributed by atoms with Gasteiger partial charge in [0, 0.05) is 12.8 Å². The lowest BCUT2D eigenvalue weighted by molar-refractivity contribution is -0.128. The second kappa shape index (κ2) is 5.32. The highest BCUT2D eigenvalue weighted by molar-refractivity contribution is 5.79. The SMILES string of the molecule is CC(C)Oc1ccc(C2CC(=O)CCO2)cc1. The number of carbonyl (C=O) groups is 1. The summed E-state index contributed by atoms with van der Waals surface area (Å²) in [6, 6.07) is 7.80. The van der Waals surface area contributed by atoms with Gasteiger partial charge < -0.3 is 9.47 Å². The Balaban J connectivity index is 2.04. The lowest BCUT2D eigenvalue weighted by Crippen LogP contribution is -2.19. The average molecular weight is 234 g/mol. The molecule has 0 amide bonds. The number of rotatable bonds is 3. The van der Waals surface area contributed by atoms with Crippen LogP contribution in [0, 0.1) is 0 Å². The molecule has 1 aromatic carbocycles. The van der Waals surface area contributed by atoms with Crippen molar-refractivity contribution >= 4 is 5.78 Å². The molecule has 0 N–H and O–H groups in total. The first-order valence-corrected chi connectivity index (χ1v) is 6.05. The fourth-order valence-electron chi connectivity index (χ4n) is 1.93. The van der Waals surface area contributed by atoms with Gasteiger partial charge in [0.2, 0.25) is 0 Å². The lowest BCUT2D eigenvalue weighted by Gasteiger charge is -2.22. The molecule has 1 heterocycles. The fraction of sp³-hybridized carbons (Fsp3) is 0.500. The van der Waals surface area contributed by atoms with Crippen LogP contribution in [0.1, 0.15) is 38.4 Å². The van der Waals surface area contributed by atoms with Crippen LogP contribution in [-0.4, -0.2) is 18.5 Å². The zero-order chi connectivity index (χ0) is 12.3. The van der Waals surface area contributed by atoms with E-state index in [2.05, 4.69) is 0 Å². The van der Waals surface area contributed by atoms with E-state index in [9.17, 15) is 4.79 Å². The molecule has 1 aliphatic heterocycles. The average Bonchev–Trinajstić information content (AvgIpc) is 2.29. The van der Waals surface area contributed by atoms with E-state index in [1.165, 1.54) is 0 Å². The normalized spacial score (nSPS) is 20.6. The Labute approximate surface area is 102 Å². The second-order valence-corrected chi connectivity index (χ2v) is 4.59. The Morgan fingerprint density at radius 3 is 2.59 bits per heavy atom. The molecule has 0 radical (unpaired) electrons. The molecular formula is C14H18O3. The Morgan fingerprint density at radius 2 is 2.00 bits per heavy atom. The molecule has 0 bridgehead atoms. The van der Waals surface area contributed by atoms with E-state index in [4.69, 9.17) is 9.47 Å². The van der Waals surface area contributed by atoms with E-state index >= 15 is 0 Å². The zero-order valence-electron chi connectivity index (χ0n) is 10.3. The van der Waals surface area contributed by atoms with Crippen molar-refractivity contribution < 1.29 is 14.3 Å². The van der Waals surface area contributed by atoms with Gasteiger partial charge in [-0.2, -0.15) is 0 Å². The van der Waals surface area contributed by atoms with Gasteiger partial charge in [0.15, 0.2) is 0 Å². The minimum Gasteiger partial charge on any atom is -0.491 e. The standard InChI is InChI=1S/C14H18O3/c1-10(2)17-13-5-3-11(4-6-13)14-9-12(15)7-8-16-14/h3-6,10,14H,7-9H2,1-2H3. The molecule has 1 unspecified atom stereocenters. The van der Waals surface area contributed by atoms with E-state index in [0.29, 0.717) is 19.4 Å². The fourth-order valence-corrected chi connectivity index (χ4v) is 1.93.